The molecule has 34 heavy (non-hydrogen) atoms. The van der Waals surface area contributed by atoms with Gasteiger partial charge in [-0.15, -0.1) is 11.3 Å². The topological polar surface area (TPSA) is 97.3 Å². The number of anilines is 1. The predicted molar refractivity (Wildman–Crippen MR) is 126 cm³/mol. The Morgan fingerprint density at radius 3 is 2.91 bits per heavy atom. The van der Waals surface area contributed by atoms with Crippen molar-refractivity contribution in [3.05, 3.63) is 47.0 Å². The minimum absolute atomic E-state index is 0.160. The van der Waals surface area contributed by atoms with E-state index in [1.54, 1.807) is 11.1 Å². The maximum Gasteiger partial charge on any atom is 0.274 e. The van der Waals surface area contributed by atoms with Gasteiger partial charge >= 0.3 is 0 Å². The highest BCUT2D eigenvalue weighted by atomic mass is 32.1. The van der Waals surface area contributed by atoms with Gasteiger partial charge in [0, 0.05) is 38.2 Å². The molecule has 1 N–H and O–H groups in total. The third-order valence-electron chi connectivity index (χ3n) is 6.69. The van der Waals surface area contributed by atoms with E-state index in [-0.39, 0.29) is 23.7 Å². The van der Waals surface area contributed by atoms with Crippen LogP contribution in [-0.2, 0) is 9.53 Å². The number of thiophene rings is 1. The van der Waals surface area contributed by atoms with Gasteiger partial charge in [0.1, 0.15) is 11.6 Å². The lowest BCUT2D eigenvalue weighted by Crippen LogP contribution is -2.51. The first kappa shape index (κ1) is 22.8. The van der Waals surface area contributed by atoms with E-state index in [0.29, 0.717) is 55.4 Å². The van der Waals surface area contributed by atoms with Crippen LogP contribution in [-0.4, -0.2) is 57.8 Å². The number of hydrogen-bond acceptors (Lipinski definition) is 8. The smallest absolute Gasteiger partial charge is 0.274 e. The van der Waals surface area contributed by atoms with Crippen LogP contribution in [0.4, 0.5) is 10.3 Å². The molecule has 10 heteroatoms. The number of ketones is 1. The van der Waals surface area contributed by atoms with Gasteiger partial charge in [0.2, 0.25) is 5.95 Å². The van der Waals surface area contributed by atoms with E-state index in [0.717, 1.165) is 17.3 Å². The second-order valence-corrected chi connectivity index (χ2v) is 10.3. The Hall–Kier alpha value is -2.98. The lowest BCUT2D eigenvalue weighted by Gasteiger charge is -2.39. The summed E-state index contributed by atoms with van der Waals surface area (Å²) in [6.07, 6.45) is 3.96. The molecule has 0 radical (unpaired) electrons. The zero-order chi connectivity index (χ0) is 23.9. The lowest BCUT2D eigenvalue weighted by molar-refractivity contribution is -0.130. The molecule has 1 amide bonds. The molecule has 0 aromatic carbocycles. The van der Waals surface area contributed by atoms with E-state index in [1.807, 2.05) is 25.3 Å². The number of rotatable bonds is 7. The van der Waals surface area contributed by atoms with Crippen LogP contribution in [0.2, 0.25) is 0 Å². The van der Waals surface area contributed by atoms with Crippen LogP contribution in [0.3, 0.4) is 0 Å². The van der Waals surface area contributed by atoms with Crippen LogP contribution < -0.4 is 5.32 Å². The molecular formula is C24H26FN5O3S. The number of likely N-dealkylation sites (tertiary alicyclic amines) is 1. The Kier molecular flexibility index (Phi) is 6.03. The number of nitrogens with zero attached hydrogens (tertiary/aromatic N) is 4. The third kappa shape index (κ3) is 4.39. The SMILES string of the molecule is C[C@H](Nc1nc(C(=O)N2CC(CC(=O)C3(C)CCOC3)C2)c2sccc2n1)c1cncc(F)c1. The Morgan fingerprint density at radius 2 is 2.18 bits per heavy atom. The fraction of sp³-hybridized carbons (Fsp3) is 0.458. The number of aromatic nitrogens is 3. The summed E-state index contributed by atoms with van der Waals surface area (Å²) in [5.41, 5.74) is 1.28. The Balaban J connectivity index is 1.28. The molecule has 5 heterocycles. The van der Waals surface area contributed by atoms with E-state index in [9.17, 15) is 14.0 Å². The van der Waals surface area contributed by atoms with Crippen LogP contribution in [0.1, 0.15) is 48.8 Å². The molecule has 0 bridgehead atoms. The maximum atomic E-state index is 13.6. The summed E-state index contributed by atoms with van der Waals surface area (Å²) in [4.78, 5) is 40.7. The summed E-state index contributed by atoms with van der Waals surface area (Å²) in [7, 11) is 0. The van der Waals surface area contributed by atoms with Gasteiger partial charge in [-0.05, 0) is 36.4 Å². The van der Waals surface area contributed by atoms with Gasteiger partial charge in [-0.1, -0.05) is 6.92 Å². The molecule has 2 fully saturated rings. The van der Waals surface area contributed by atoms with Crippen molar-refractivity contribution in [3.8, 4) is 0 Å². The van der Waals surface area contributed by atoms with Gasteiger partial charge in [0.05, 0.1) is 34.5 Å². The van der Waals surface area contributed by atoms with Gasteiger partial charge < -0.3 is 15.0 Å². The van der Waals surface area contributed by atoms with E-state index in [2.05, 4.69) is 20.3 Å². The zero-order valence-electron chi connectivity index (χ0n) is 19.1. The van der Waals surface area contributed by atoms with Crippen molar-refractivity contribution in [1.29, 1.82) is 0 Å². The highest BCUT2D eigenvalue weighted by Gasteiger charge is 2.41. The number of hydrogen-bond donors (Lipinski definition) is 1. The summed E-state index contributed by atoms with van der Waals surface area (Å²) in [5.74, 6) is 0.0886. The standard InChI is InChI=1S/C24H26FN5O3S/c1-14(16-8-17(25)10-26-9-16)27-23-28-18-3-6-34-21(18)20(29-23)22(32)30-11-15(12-30)7-19(31)24(2)4-5-33-13-24/h3,6,8-10,14-15H,4-5,7,11-13H2,1-2H3,(H,27,28,29)/t14-,24?/m0/s1. The van der Waals surface area contributed by atoms with Gasteiger partial charge in [0.25, 0.3) is 5.91 Å². The van der Waals surface area contributed by atoms with Crippen molar-refractivity contribution in [2.24, 2.45) is 11.3 Å². The van der Waals surface area contributed by atoms with Gasteiger partial charge in [0.15, 0.2) is 5.69 Å². The summed E-state index contributed by atoms with van der Waals surface area (Å²) in [6, 6.07) is 2.95. The van der Waals surface area contributed by atoms with Crippen molar-refractivity contribution < 1.29 is 18.7 Å². The zero-order valence-corrected chi connectivity index (χ0v) is 19.9. The Morgan fingerprint density at radius 1 is 1.35 bits per heavy atom. The van der Waals surface area contributed by atoms with Crippen LogP contribution in [0.15, 0.2) is 29.9 Å². The minimum Gasteiger partial charge on any atom is -0.380 e. The van der Waals surface area contributed by atoms with Gasteiger partial charge in [-0.3, -0.25) is 14.6 Å². The average Bonchev–Trinajstić information content (AvgIpc) is 3.44. The monoisotopic (exact) mass is 483 g/mol. The summed E-state index contributed by atoms with van der Waals surface area (Å²) in [6.45, 7) is 6.00. The number of Topliss-reactive ketones (excluding diaryl/α,β-unsaturated/α-hetero) is 1. The lowest BCUT2D eigenvalue weighted by atomic mass is 9.79. The molecule has 8 nitrogen and oxygen atoms in total. The quantitative estimate of drug-likeness (QED) is 0.545. The van der Waals surface area contributed by atoms with Crippen molar-refractivity contribution >= 4 is 39.2 Å². The van der Waals surface area contributed by atoms with Crippen LogP contribution in [0.5, 0.6) is 0 Å². The molecule has 2 saturated heterocycles. The number of fused-ring (bicyclic) bond motifs is 1. The van der Waals surface area contributed by atoms with Crippen molar-refractivity contribution in [3.63, 3.8) is 0 Å². The third-order valence-corrected chi connectivity index (χ3v) is 7.60. The fourth-order valence-corrected chi connectivity index (χ4v) is 5.24. The van der Waals surface area contributed by atoms with E-state index in [4.69, 9.17) is 4.74 Å². The molecule has 2 aliphatic rings. The molecule has 0 saturated carbocycles. The van der Waals surface area contributed by atoms with Gasteiger partial charge in [-0.2, -0.15) is 0 Å². The first-order valence-electron chi connectivity index (χ1n) is 11.3. The normalized spacial score (nSPS) is 21.4. The number of nitrogens with one attached hydrogen (secondary N) is 1. The number of ether oxygens (including phenoxy) is 1. The second kappa shape index (κ2) is 8.99. The molecule has 2 atom stereocenters. The Labute approximate surface area is 200 Å². The number of carbonyl (C=O) groups is 2. The molecule has 0 spiro atoms. The second-order valence-electron chi connectivity index (χ2n) is 9.40. The molecule has 3 aromatic rings. The van der Waals surface area contributed by atoms with E-state index in [1.165, 1.54) is 17.4 Å². The van der Waals surface area contributed by atoms with Crippen molar-refractivity contribution in [2.75, 3.05) is 31.6 Å². The van der Waals surface area contributed by atoms with E-state index >= 15 is 0 Å². The molecule has 5 rings (SSSR count). The van der Waals surface area contributed by atoms with Crippen LogP contribution in [0.25, 0.3) is 10.2 Å². The molecule has 178 valence electrons. The minimum atomic E-state index is -0.420. The molecule has 2 aliphatic heterocycles. The fourth-order valence-electron chi connectivity index (χ4n) is 4.43. The number of carbonyl (C=O) groups excluding carboxylic acids is 2. The first-order chi connectivity index (χ1) is 16.3. The van der Waals surface area contributed by atoms with Crippen LogP contribution >= 0.6 is 11.3 Å². The largest absolute Gasteiger partial charge is 0.380 e. The molecule has 0 aliphatic carbocycles. The number of halogens is 1. The Bertz CT molecular complexity index is 1240. The summed E-state index contributed by atoms with van der Waals surface area (Å²) in [5, 5.41) is 5.03. The molecular weight excluding hydrogens is 457 g/mol. The van der Waals surface area contributed by atoms with E-state index < -0.39 is 11.2 Å². The number of amides is 1. The summed E-state index contributed by atoms with van der Waals surface area (Å²) < 4.78 is 19.7. The maximum absolute atomic E-state index is 13.6. The highest BCUT2D eigenvalue weighted by molar-refractivity contribution is 7.17. The van der Waals surface area contributed by atoms with Crippen molar-refractivity contribution in [2.45, 2.75) is 32.7 Å². The average molecular weight is 484 g/mol. The van der Waals surface area contributed by atoms with Crippen molar-refractivity contribution in [1.82, 2.24) is 19.9 Å². The molecule has 3 aromatic heterocycles. The van der Waals surface area contributed by atoms with Crippen LogP contribution in [0, 0.1) is 17.2 Å². The number of pyridine rings is 1. The predicted octanol–water partition coefficient (Wildman–Crippen LogP) is 3.86. The highest BCUT2D eigenvalue weighted by Crippen LogP contribution is 2.34. The summed E-state index contributed by atoms with van der Waals surface area (Å²) >= 11 is 1.42. The first-order valence-corrected chi connectivity index (χ1v) is 12.2. The molecule has 1 unspecified atom stereocenters. The van der Waals surface area contributed by atoms with Gasteiger partial charge in [-0.25, -0.2) is 14.4 Å².